The highest BCUT2D eigenvalue weighted by Crippen LogP contribution is 2.38. The van der Waals surface area contributed by atoms with Crippen LogP contribution in [0.3, 0.4) is 0 Å². The van der Waals surface area contributed by atoms with Gasteiger partial charge in [0.1, 0.15) is 10.8 Å². The molecule has 0 spiro atoms. The van der Waals surface area contributed by atoms with Crippen molar-refractivity contribution in [2.75, 3.05) is 11.9 Å². The van der Waals surface area contributed by atoms with E-state index in [0.29, 0.717) is 30.1 Å². The molecular weight excluding hydrogens is 439 g/mol. The highest BCUT2D eigenvalue weighted by atomic mass is 32.2. The number of hydrogen-bond acceptors (Lipinski definition) is 6. The third-order valence-electron chi connectivity index (χ3n) is 5.29. The number of carbonyl (C=O) groups excluding carboxylic acids is 1. The van der Waals surface area contributed by atoms with Crippen LogP contribution in [-0.4, -0.2) is 35.4 Å². The number of sulfonamides is 1. The molecule has 1 N–H and O–H groups in total. The summed E-state index contributed by atoms with van der Waals surface area (Å²) in [6, 6.07) is 10.2. The van der Waals surface area contributed by atoms with E-state index in [0.717, 1.165) is 22.5 Å². The monoisotopic (exact) mass is 460 g/mol. The van der Waals surface area contributed by atoms with Gasteiger partial charge >= 0.3 is 0 Å². The summed E-state index contributed by atoms with van der Waals surface area (Å²) in [6.07, 6.45) is 1.30. The lowest BCUT2D eigenvalue weighted by Crippen LogP contribution is -2.30. The van der Waals surface area contributed by atoms with Crippen LogP contribution in [0, 0.1) is 19.7 Å². The van der Waals surface area contributed by atoms with E-state index in [4.69, 9.17) is 0 Å². The van der Waals surface area contributed by atoms with Gasteiger partial charge in [0.05, 0.1) is 10.9 Å². The zero-order valence-electron chi connectivity index (χ0n) is 17.0. The van der Waals surface area contributed by atoms with Gasteiger partial charge in [-0.25, -0.2) is 12.8 Å². The molecule has 10 heteroatoms. The third kappa shape index (κ3) is 4.36. The number of nitrogens with one attached hydrogen (secondary N) is 1. The van der Waals surface area contributed by atoms with Crippen LogP contribution in [0.15, 0.2) is 47.4 Å². The molecule has 1 saturated heterocycles. The summed E-state index contributed by atoms with van der Waals surface area (Å²) in [6.45, 7) is 4.19. The molecule has 1 aromatic heterocycles. The molecule has 2 heterocycles. The van der Waals surface area contributed by atoms with E-state index in [1.165, 1.54) is 22.5 Å². The number of carbonyl (C=O) groups is 1. The molecule has 0 bridgehead atoms. The molecule has 1 amide bonds. The van der Waals surface area contributed by atoms with E-state index < -0.39 is 27.8 Å². The van der Waals surface area contributed by atoms with Crippen LogP contribution in [0.1, 0.15) is 44.8 Å². The number of nitrogens with zero attached hydrogens (tertiary/aromatic N) is 3. The van der Waals surface area contributed by atoms with E-state index in [9.17, 15) is 17.6 Å². The Hall–Kier alpha value is -2.69. The molecule has 162 valence electrons. The summed E-state index contributed by atoms with van der Waals surface area (Å²) in [5.74, 6) is -0.982. The summed E-state index contributed by atoms with van der Waals surface area (Å²) in [7, 11) is -3.71. The fraction of sp³-hybridized carbons (Fsp3) is 0.286. The summed E-state index contributed by atoms with van der Waals surface area (Å²) in [5, 5.41) is 11.2. The van der Waals surface area contributed by atoms with Crippen LogP contribution < -0.4 is 5.32 Å². The largest absolute Gasteiger partial charge is 0.320 e. The standard InChI is InChI=1S/C21H21FN4O3S2/c1-13-8-9-17(11-14(13)2)31(28,29)26-10-4-7-18(26)20-24-25-21(30-20)19(27)23-16-6-3-5-15(22)12-16/h3,5-6,8-9,11-12,18H,4,7,10H2,1-2H3,(H,23,27). The molecule has 3 aromatic rings. The maximum absolute atomic E-state index is 13.3. The van der Waals surface area contributed by atoms with Crippen molar-refractivity contribution in [2.24, 2.45) is 0 Å². The average molecular weight is 461 g/mol. The second kappa shape index (κ2) is 8.45. The highest BCUT2D eigenvalue weighted by molar-refractivity contribution is 7.89. The van der Waals surface area contributed by atoms with Crippen LogP contribution in [0.2, 0.25) is 0 Å². The number of halogens is 1. The minimum atomic E-state index is -3.71. The molecule has 1 aliphatic heterocycles. The van der Waals surface area contributed by atoms with E-state index in [-0.39, 0.29) is 9.90 Å². The van der Waals surface area contributed by atoms with Gasteiger partial charge in [-0.05, 0) is 68.1 Å². The van der Waals surface area contributed by atoms with Gasteiger partial charge in [-0.15, -0.1) is 10.2 Å². The van der Waals surface area contributed by atoms with Crippen molar-refractivity contribution < 1.29 is 17.6 Å². The van der Waals surface area contributed by atoms with Crippen LogP contribution in [0.4, 0.5) is 10.1 Å². The fourth-order valence-electron chi connectivity index (χ4n) is 3.50. The fourth-order valence-corrected chi connectivity index (χ4v) is 6.20. The molecule has 7 nitrogen and oxygen atoms in total. The smallest absolute Gasteiger partial charge is 0.286 e. The molecule has 31 heavy (non-hydrogen) atoms. The number of benzene rings is 2. The molecular formula is C21H21FN4O3S2. The first kappa shape index (κ1) is 21.5. The predicted molar refractivity (Wildman–Crippen MR) is 116 cm³/mol. The van der Waals surface area contributed by atoms with E-state index in [1.54, 1.807) is 24.3 Å². The zero-order valence-corrected chi connectivity index (χ0v) is 18.6. The summed E-state index contributed by atoms with van der Waals surface area (Å²) in [5.41, 5.74) is 2.24. The van der Waals surface area contributed by atoms with Crippen molar-refractivity contribution >= 4 is 33.0 Å². The number of hydrogen-bond donors (Lipinski definition) is 1. The quantitative estimate of drug-likeness (QED) is 0.620. The van der Waals surface area contributed by atoms with Gasteiger partial charge in [0, 0.05) is 12.2 Å². The van der Waals surface area contributed by atoms with Crippen LogP contribution in [0.5, 0.6) is 0 Å². The van der Waals surface area contributed by atoms with Crippen molar-refractivity contribution in [1.29, 1.82) is 0 Å². The molecule has 1 atom stereocenters. The number of aryl methyl sites for hydroxylation is 2. The summed E-state index contributed by atoms with van der Waals surface area (Å²) in [4.78, 5) is 12.7. The maximum atomic E-state index is 13.3. The van der Waals surface area contributed by atoms with Gasteiger partial charge in [-0.2, -0.15) is 4.31 Å². The van der Waals surface area contributed by atoms with Gasteiger partial charge < -0.3 is 5.32 Å². The Labute approximate surface area is 184 Å². The van der Waals surface area contributed by atoms with E-state index >= 15 is 0 Å². The predicted octanol–water partition coefficient (Wildman–Crippen LogP) is 4.07. The van der Waals surface area contributed by atoms with Crippen molar-refractivity contribution in [3.8, 4) is 0 Å². The Morgan fingerprint density at radius 1 is 1.16 bits per heavy atom. The number of amides is 1. The molecule has 1 unspecified atom stereocenters. The minimum Gasteiger partial charge on any atom is -0.320 e. The number of anilines is 1. The molecule has 1 fully saturated rings. The van der Waals surface area contributed by atoms with Crippen molar-refractivity contribution in [2.45, 2.75) is 37.6 Å². The zero-order chi connectivity index (χ0) is 22.2. The minimum absolute atomic E-state index is 0.0923. The Morgan fingerprint density at radius 2 is 1.97 bits per heavy atom. The molecule has 0 radical (unpaired) electrons. The van der Waals surface area contributed by atoms with E-state index in [2.05, 4.69) is 15.5 Å². The molecule has 1 aliphatic rings. The normalized spacial score (nSPS) is 17.1. The van der Waals surface area contributed by atoms with Crippen molar-refractivity contribution in [1.82, 2.24) is 14.5 Å². The Balaban J connectivity index is 1.56. The lowest BCUT2D eigenvalue weighted by atomic mass is 10.1. The van der Waals surface area contributed by atoms with Crippen LogP contribution >= 0.6 is 11.3 Å². The van der Waals surface area contributed by atoms with Gasteiger partial charge in [-0.3, -0.25) is 4.79 Å². The SMILES string of the molecule is Cc1ccc(S(=O)(=O)N2CCCC2c2nnc(C(=O)Nc3cccc(F)c3)s2)cc1C. The first-order chi connectivity index (χ1) is 14.8. The highest BCUT2D eigenvalue weighted by Gasteiger charge is 2.38. The Kier molecular flexibility index (Phi) is 5.87. The topological polar surface area (TPSA) is 92.3 Å². The van der Waals surface area contributed by atoms with Crippen molar-refractivity contribution in [3.63, 3.8) is 0 Å². The molecule has 2 aromatic carbocycles. The summed E-state index contributed by atoms with van der Waals surface area (Å²) >= 11 is 1.05. The number of rotatable bonds is 5. The maximum Gasteiger partial charge on any atom is 0.286 e. The second-order valence-corrected chi connectivity index (χ2v) is 10.3. The van der Waals surface area contributed by atoms with E-state index in [1.807, 2.05) is 13.8 Å². The second-order valence-electron chi connectivity index (χ2n) is 7.43. The molecule has 0 saturated carbocycles. The first-order valence-corrected chi connectivity index (χ1v) is 12.0. The van der Waals surface area contributed by atoms with Crippen LogP contribution in [-0.2, 0) is 10.0 Å². The Morgan fingerprint density at radius 3 is 2.71 bits per heavy atom. The number of aromatic nitrogens is 2. The lowest BCUT2D eigenvalue weighted by molar-refractivity contribution is 0.102. The third-order valence-corrected chi connectivity index (χ3v) is 8.22. The molecule has 4 rings (SSSR count). The molecule has 0 aliphatic carbocycles. The Bertz CT molecular complexity index is 1240. The van der Waals surface area contributed by atoms with Gasteiger partial charge in [-0.1, -0.05) is 23.5 Å². The van der Waals surface area contributed by atoms with Gasteiger partial charge in [0.2, 0.25) is 15.0 Å². The average Bonchev–Trinajstić information content (AvgIpc) is 3.39. The lowest BCUT2D eigenvalue weighted by Gasteiger charge is -2.22. The van der Waals surface area contributed by atoms with Gasteiger partial charge in [0.25, 0.3) is 5.91 Å². The van der Waals surface area contributed by atoms with Gasteiger partial charge in [0.15, 0.2) is 0 Å². The summed E-state index contributed by atoms with van der Waals surface area (Å²) < 4.78 is 41.3. The first-order valence-electron chi connectivity index (χ1n) is 9.75. The van der Waals surface area contributed by atoms with Crippen molar-refractivity contribution in [3.05, 3.63) is 69.4 Å². The van der Waals surface area contributed by atoms with Crippen LogP contribution in [0.25, 0.3) is 0 Å².